The van der Waals surface area contributed by atoms with Crippen LogP contribution in [0.5, 0.6) is 0 Å². The van der Waals surface area contributed by atoms with Crippen LogP contribution in [0.2, 0.25) is 0 Å². The minimum Gasteiger partial charge on any atom is -0.355 e. The maximum Gasteiger partial charge on any atom is 0.230 e. The third kappa shape index (κ3) is 4.64. The molecule has 0 spiro atoms. The van der Waals surface area contributed by atoms with Gasteiger partial charge in [0.25, 0.3) is 0 Å². The highest BCUT2D eigenvalue weighted by Crippen LogP contribution is 2.39. The lowest BCUT2D eigenvalue weighted by Gasteiger charge is -2.33. The fourth-order valence-electron chi connectivity index (χ4n) is 4.91. The van der Waals surface area contributed by atoms with Crippen molar-refractivity contribution in [3.63, 3.8) is 0 Å². The van der Waals surface area contributed by atoms with Gasteiger partial charge >= 0.3 is 0 Å². The predicted octanol–water partition coefficient (Wildman–Crippen LogP) is 2.00. The zero-order chi connectivity index (χ0) is 17.9. The van der Waals surface area contributed by atoms with E-state index in [1.54, 1.807) is 4.90 Å². The number of hydrogen-bond donors (Lipinski definition) is 1. The van der Waals surface area contributed by atoms with Crippen LogP contribution in [0.3, 0.4) is 0 Å². The fourth-order valence-corrected chi connectivity index (χ4v) is 4.91. The quantitative estimate of drug-likeness (QED) is 0.383. The van der Waals surface area contributed by atoms with Gasteiger partial charge in [0.2, 0.25) is 5.91 Å². The van der Waals surface area contributed by atoms with Crippen LogP contribution in [0, 0.1) is 5.41 Å². The van der Waals surface area contributed by atoms with Gasteiger partial charge in [-0.05, 0) is 45.2 Å². The maximum atomic E-state index is 12.7. The second kappa shape index (κ2) is 9.57. The van der Waals surface area contributed by atoms with E-state index in [4.69, 9.17) is 0 Å². The van der Waals surface area contributed by atoms with Gasteiger partial charge in [-0.2, -0.15) is 0 Å². The van der Waals surface area contributed by atoms with Gasteiger partial charge in [0.05, 0.1) is 5.41 Å². The standard InChI is InChI=1S/C19H35N5O.HI/c1-20-18(24-13-8-16(14-24)23-11-6-7-12-23)21-15-19(9-4-5-10-19)17(25)22(2)3;/h16H,4-15H2,1-3H3,(H,20,21);1H. The molecule has 2 aliphatic heterocycles. The average molecular weight is 477 g/mol. The van der Waals surface area contributed by atoms with Gasteiger partial charge in [0, 0.05) is 46.8 Å². The number of guanidine groups is 1. The van der Waals surface area contributed by atoms with E-state index in [-0.39, 0.29) is 35.3 Å². The van der Waals surface area contributed by atoms with E-state index in [2.05, 4.69) is 20.1 Å². The average Bonchev–Trinajstić information content (AvgIpc) is 3.35. The molecule has 150 valence electrons. The lowest BCUT2D eigenvalue weighted by atomic mass is 9.84. The van der Waals surface area contributed by atoms with Gasteiger partial charge in [0.1, 0.15) is 0 Å². The molecular weight excluding hydrogens is 441 g/mol. The van der Waals surface area contributed by atoms with E-state index in [0.29, 0.717) is 12.6 Å². The Labute approximate surface area is 175 Å². The Kier molecular flexibility index (Phi) is 8.00. The summed E-state index contributed by atoms with van der Waals surface area (Å²) in [5, 5.41) is 3.55. The first-order chi connectivity index (χ1) is 12.1. The van der Waals surface area contributed by atoms with E-state index >= 15 is 0 Å². The van der Waals surface area contributed by atoms with Crippen molar-refractivity contribution in [1.82, 2.24) is 20.0 Å². The molecule has 1 unspecified atom stereocenters. The highest BCUT2D eigenvalue weighted by atomic mass is 127. The molecule has 3 fully saturated rings. The molecule has 0 aromatic carbocycles. The van der Waals surface area contributed by atoms with Gasteiger partial charge in [-0.15, -0.1) is 24.0 Å². The smallest absolute Gasteiger partial charge is 0.230 e. The maximum absolute atomic E-state index is 12.7. The molecule has 7 heteroatoms. The number of nitrogens with one attached hydrogen (secondary N) is 1. The number of amides is 1. The summed E-state index contributed by atoms with van der Waals surface area (Å²) in [6, 6.07) is 0.671. The number of nitrogens with zero attached hydrogens (tertiary/aromatic N) is 4. The normalized spacial score (nSPS) is 26.0. The topological polar surface area (TPSA) is 51.2 Å². The Bertz CT molecular complexity index is 498. The fraction of sp³-hybridized carbons (Fsp3) is 0.895. The van der Waals surface area contributed by atoms with Gasteiger partial charge < -0.3 is 15.1 Å². The molecule has 1 atom stereocenters. The van der Waals surface area contributed by atoms with E-state index in [9.17, 15) is 4.79 Å². The van der Waals surface area contributed by atoms with E-state index in [0.717, 1.165) is 44.7 Å². The molecule has 0 bridgehead atoms. The molecule has 3 rings (SSSR count). The number of carbonyl (C=O) groups is 1. The molecule has 26 heavy (non-hydrogen) atoms. The molecule has 0 radical (unpaired) electrons. The van der Waals surface area contributed by atoms with Gasteiger partial charge in [-0.25, -0.2) is 0 Å². The summed E-state index contributed by atoms with van der Waals surface area (Å²) in [7, 11) is 5.61. The number of hydrogen-bond acceptors (Lipinski definition) is 3. The highest BCUT2D eigenvalue weighted by Gasteiger charge is 2.42. The summed E-state index contributed by atoms with van der Waals surface area (Å²) in [5.74, 6) is 1.24. The first-order valence-corrected chi connectivity index (χ1v) is 9.97. The Morgan fingerprint density at radius 3 is 2.38 bits per heavy atom. The third-order valence-corrected chi connectivity index (χ3v) is 6.34. The lowest BCUT2D eigenvalue weighted by Crippen LogP contribution is -2.50. The Morgan fingerprint density at radius 2 is 1.81 bits per heavy atom. The minimum atomic E-state index is -0.243. The van der Waals surface area contributed by atoms with Gasteiger partial charge in [0.15, 0.2) is 5.96 Å². The summed E-state index contributed by atoms with van der Waals surface area (Å²) in [6.07, 6.45) is 8.20. The van der Waals surface area contributed by atoms with Crippen molar-refractivity contribution in [2.45, 2.75) is 51.0 Å². The molecule has 1 saturated carbocycles. The number of rotatable bonds is 4. The number of carbonyl (C=O) groups excluding carboxylic acids is 1. The van der Waals surface area contributed by atoms with Crippen molar-refractivity contribution < 1.29 is 4.79 Å². The summed E-state index contributed by atoms with van der Waals surface area (Å²) >= 11 is 0. The van der Waals surface area contributed by atoms with Crippen LogP contribution in [0.15, 0.2) is 4.99 Å². The number of aliphatic imine (C=N–C) groups is 1. The Hall–Kier alpha value is -0.570. The van der Waals surface area contributed by atoms with Crippen LogP contribution in [-0.4, -0.2) is 86.5 Å². The largest absolute Gasteiger partial charge is 0.355 e. The number of likely N-dealkylation sites (tertiary alicyclic amines) is 2. The molecule has 6 nitrogen and oxygen atoms in total. The van der Waals surface area contributed by atoms with Crippen LogP contribution in [0.4, 0.5) is 0 Å². The summed E-state index contributed by atoms with van der Waals surface area (Å²) in [5.41, 5.74) is -0.243. The predicted molar refractivity (Wildman–Crippen MR) is 117 cm³/mol. The SMILES string of the molecule is CN=C(NCC1(C(=O)N(C)C)CCCC1)N1CCC(N2CCCC2)C1.I. The van der Waals surface area contributed by atoms with Crippen LogP contribution < -0.4 is 5.32 Å². The van der Waals surface area contributed by atoms with Crippen LogP contribution in [0.1, 0.15) is 44.9 Å². The number of halogens is 1. The van der Waals surface area contributed by atoms with Crippen molar-refractivity contribution in [3.05, 3.63) is 0 Å². The van der Waals surface area contributed by atoms with E-state index in [1.807, 2.05) is 21.1 Å². The van der Waals surface area contributed by atoms with Crippen molar-refractivity contribution in [2.24, 2.45) is 10.4 Å². The van der Waals surface area contributed by atoms with E-state index < -0.39 is 0 Å². The third-order valence-electron chi connectivity index (χ3n) is 6.34. The monoisotopic (exact) mass is 477 g/mol. The summed E-state index contributed by atoms with van der Waals surface area (Å²) in [6.45, 7) is 5.35. The molecular formula is C19H36IN5O. The minimum absolute atomic E-state index is 0. The lowest BCUT2D eigenvalue weighted by molar-refractivity contribution is -0.138. The van der Waals surface area contributed by atoms with Gasteiger partial charge in [-0.3, -0.25) is 14.7 Å². The Balaban J connectivity index is 0.00000243. The van der Waals surface area contributed by atoms with Gasteiger partial charge in [-0.1, -0.05) is 12.8 Å². The second-order valence-electron chi connectivity index (χ2n) is 8.22. The molecule has 1 aliphatic carbocycles. The van der Waals surface area contributed by atoms with E-state index in [1.165, 1.54) is 32.4 Å². The molecule has 2 saturated heterocycles. The second-order valence-corrected chi connectivity index (χ2v) is 8.22. The molecule has 2 heterocycles. The van der Waals surface area contributed by atoms with Crippen LogP contribution >= 0.6 is 24.0 Å². The molecule has 1 N–H and O–H groups in total. The van der Waals surface area contributed by atoms with Crippen molar-refractivity contribution >= 4 is 35.8 Å². The zero-order valence-electron chi connectivity index (χ0n) is 16.7. The Morgan fingerprint density at radius 1 is 1.15 bits per heavy atom. The first-order valence-electron chi connectivity index (χ1n) is 9.97. The van der Waals surface area contributed by atoms with Crippen molar-refractivity contribution in [1.29, 1.82) is 0 Å². The summed E-state index contributed by atoms with van der Waals surface area (Å²) in [4.78, 5) is 24.0. The molecule has 0 aromatic rings. The molecule has 1 amide bonds. The molecule has 0 aromatic heterocycles. The van der Waals surface area contributed by atoms with Crippen LogP contribution in [-0.2, 0) is 4.79 Å². The van der Waals surface area contributed by atoms with Crippen molar-refractivity contribution in [3.8, 4) is 0 Å². The zero-order valence-corrected chi connectivity index (χ0v) is 19.0. The first kappa shape index (κ1) is 21.7. The highest BCUT2D eigenvalue weighted by molar-refractivity contribution is 14.0. The molecule has 3 aliphatic rings. The van der Waals surface area contributed by atoms with Crippen LogP contribution in [0.25, 0.3) is 0 Å². The summed E-state index contributed by atoms with van der Waals surface area (Å²) < 4.78 is 0. The van der Waals surface area contributed by atoms with Crippen molar-refractivity contribution in [2.75, 3.05) is 53.9 Å².